The zero-order valence-electron chi connectivity index (χ0n) is 16.1. The summed E-state index contributed by atoms with van der Waals surface area (Å²) in [5.74, 6) is 0.406. The van der Waals surface area contributed by atoms with Gasteiger partial charge in [-0.1, -0.05) is 0 Å². The van der Waals surface area contributed by atoms with Gasteiger partial charge in [-0.25, -0.2) is 9.97 Å². The predicted molar refractivity (Wildman–Crippen MR) is 104 cm³/mol. The van der Waals surface area contributed by atoms with Crippen LogP contribution in [0.2, 0.25) is 0 Å². The Morgan fingerprint density at radius 2 is 1.70 bits per heavy atom. The summed E-state index contributed by atoms with van der Waals surface area (Å²) in [6, 6.07) is 10.8. The first-order valence-electron chi connectivity index (χ1n) is 9.35. The molecule has 5 nitrogen and oxygen atoms in total. The minimum Gasteiger partial charge on any atom is -0.508 e. The van der Waals surface area contributed by atoms with Gasteiger partial charge in [0.15, 0.2) is 0 Å². The third-order valence-corrected chi connectivity index (χ3v) is 5.06. The van der Waals surface area contributed by atoms with Crippen molar-refractivity contribution in [2.45, 2.75) is 26.1 Å². The van der Waals surface area contributed by atoms with E-state index >= 15 is 0 Å². The van der Waals surface area contributed by atoms with Crippen molar-refractivity contribution >= 4 is 5.91 Å². The molecule has 0 aliphatic carbocycles. The largest absolute Gasteiger partial charge is 0.508 e. The third-order valence-electron chi connectivity index (χ3n) is 5.06. The number of aromatic nitrogens is 2. The first-order valence-corrected chi connectivity index (χ1v) is 9.35. The maximum Gasteiger partial charge on any atom is 0.416 e. The number of carbonyl (C=O) groups excluding carboxylic acids is 1. The van der Waals surface area contributed by atoms with Crippen molar-refractivity contribution in [2.24, 2.45) is 0 Å². The van der Waals surface area contributed by atoms with Gasteiger partial charge >= 0.3 is 6.18 Å². The Hall–Kier alpha value is -3.42. The van der Waals surface area contributed by atoms with Gasteiger partial charge in [0.25, 0.3) is 5.91 Å². The summed E-state index contributed by atoms with van der Waals surface area (Å²) in [6.07, 6.45) is -3.92. The number of hydrogen-bond acceptors (Lipinski definition) is 4. The van der Waals surface area contributed by atoms with Gasteiger partial charge < -0.3 is 10.0 Å². The maximum atomic E-state index is 12.9. The standard InChI is InChI=1S/C22H18F3N3O2/c1-13-26-19-10-11-28(21(30)15-2-6-16(7-3-15)22(23,24)25)12-18(19)20(27-13)14-4-8-17(29)9-5-14/h2-9,29H,10-12H2,1H3. The van der Waals surface area contributed by atoms with Crippen molar-refractivity contribution in [1.29, 1.82) is 0 Å². The molecule has 0 fully saturated rings. The molecule has 0 saturated carbocycles. The molecule has 0 radical (unpaired) electrons. The van der Waals surface area contributed by atoms with E-state index in [-0.39, 0.29) is 23.8 Å². The molecule has 1 aromatic heterocycles. The van der Waals surface area contributed by atoms with Crippen molar-refractivity contribution in [3.8, 4) is 17.0 Å². The van der Waals surface area contributed by atoms with Crippen molar-refractivity contribution in [3.05, 3.63) is 76.7 Å². The lowest BCUT2D eigenvalue weighted by Gasteiger charge is -2.30. The first kappa shape index (κ1) is 19.9. The van der Waals surface area contributed by atoms with E-state index in [1.807, 2.05) is 0 Å². The van der Waals surface area contributed by atoms with E-state index in [1.165, 1.54) is 12.1 Å². The van der Waals surface area contributed by atoms with Gasteiger partial charge in [-0.2, -0.15) is 13.2 Å². The fourth-order valence-electron chi connectivity index (χ4n) is 3.55. The molecule has 0 saturated heterocycles. The molecule has 2 aromatic carbocycles. The molecule has 8 heteroatoms. The molecule has 154 valence electrons. The van der Waals surface area contributed by atoms with E-state index in [2.05, 4.69) is 9.97 Å². The number of fused-ring (bicyclic) bond motifs is 1. The lowest BCUT2D eigenvalue weighted by Crippen LogP contribution is -2.37. The smallest absolute Gasteiger partial charge is 0.416 e. The van der Waals surface area contributed by atoms with E-state index < -0.39 is 11.7 Å². The molecule has 0 bridgehead atoms. The molecule has 30 heavy (non-hydrogen) atoms. The summed E-state index contributed by atoms with van der Waals surface area (Å²) in [4.78, 5) is 23.5. The van der Waals surface area contributed by atoms with Crippen LogP contribution in [0.1, 0.15) is 33.0 Å². The Morgan fingerprint density at radius 3 is 2.33 bits per heavy atom. The van der Waals surface area contributed by atoms with E-state index in [9.17, 15) is 23.1 Å². The molecule has 1 N–H and O–H groups in total. The van der Waals surface area contributed by atoms with Crippen LogP contribution in [-0.2, 0) is 19.1 Å². The molecule has 3 aromatic rings. The number of carbonyl (C=O) groups is 1. The number of rotatable bonds is 2. The zero-order chi connectivity index (χ0) is 21.5. The second-order valence-corrected chi connectivity index (χ2v) is 7.14. The minimum atomic E-state index is -4.44. The Labute approximate surface area is 170 Å². The number of aromatic hydroxyl groups is 1. The number of benzene rings is 2. The van der Waals surface area contributed by atoms with Crippen molar-refractivity contribution in [3.63, 3.8) is 0 Å². The average molecular weight is 413 g/mol. The van der Waals surface area contributed by atoms with Crippen LogP contribution in [0.15, 0.2) is 48.5 Å². The second kappa shape index (κ2) is 7.44. The summed E-state index contributed by atoms with van der Waals surface area (Å²) in [6.45, 7) is 2.47. The van der Waals surface area contributed by atoms with Gasteiger partial charge in [0, 0.05) is 36.2 Å². The molecule has 1 aliphatic heterocycles. The highest BCUT2D eigenvalue weighted by atomic mass is 19.4. The Bertz CT molecular complexity index is 1090. The van der Waals surface area contributed by atoms with Crippen LogP contribution >= 0.6 is 0 Å². The summed E-state index contributed by atoms with van der Waals surface area (Å²) in [7, 11) is 0. The monoisotopic (exact) mass is 413 g/mol. The number of nitrogens with zero attached hydrogens (tertiary/aromatic N) is 3. The molecule has 2 heterocycles. The normalized spacial score (nSPS) is 13.8. The zero-order valence-corrected chi connectivity index (χ0v) is 16.1. The van der Waals surface area contributed by atoms with Crippen LogP contribution in [-0.4, -0.2) is 32.4 Å². The third kappa shape index (κ3) is 3.85. The van der Waals surface area contributed by atoms with Crippen LogP contribution in [0.25, 0.3) is 11.3 Å². The molecule has 1 amide bonds. The average Bonchev–Trinajstić information content (AvgIpc) is 2.72. The highest BCUT2D eigenvalue weighted by molar-refractivity contribution is 5.94. The van der Waals surface area contributed by atoms with Gasteiger partial charge in [0.1, 0.15) is 11.6 Å². The number of amides is 1. The SMILES string of the molecule is Cc1nc2c(c(-c3ccc(O)cc3)n1)CN(C(=O)c1ccc(C(F)(F)F)cc1)CC2. The molecule has 0 atom stereocenters. The lowest BCUT2D eigenvalue weighted by atomic mass is 9.98. The predicted octanol–water partition coefficient (Wildman–Crippen LogP) is 4.37. The van der Waals surface area contributed by atoms with Crippen LogP contribution in [0.5, 0.6) is 5.75 Å². The van der Waals surface area contributed by atoms with Gasteiger partial charge in [0.2, 0.25) is 0 Å². The van der Waals surface area contributed by atoms with Gasteiger partial charge in [-0.05, 0) is 55.5 Å². The molecular formula is C22H18F3N3O2. The Balaban J connectivity index is 1.64. The van der Waals surface area contributed by atoms with E-state index in [0.717, 1.165) is 29.0 Å². The molecule has 0 spiro atoms. The van der Waals surface area contributed by atoms with Gasteiger partial charge in [-0.15, -0.1) is 0 Å². The molecule has 4 rings (SSSR count). The highest BCUT2D eigenvalue weighted by Crippen LogP contribution is 2.31. The minimum absolute atomic E-state index is 0.137. The number of phenols is 1. The van der Waals surface area contributed by atoms with Gasteiger partial charge in [0.05, 0.1) is 17.0 Å². The van der Waals surface area contributed by atoms with Crippen LogP contribution < -0.4 is 0 Å². The molecular weight excluding hydrogens is 395 g/mol. The fourth-order valence-corrected chi connectivity index (χ4v) is 3.55. The topological polar surface area (TPSA) is 66.3 Å². The van der Waals surface area contributed by atoms with E-state index in [4.69, 9.17) is 0 Å². The number of alkyl halides is 3. The van der Waals surface area contributed by atoms with Crippen molar-refractivity contribution in [1.82, 2.24) is 14.9 Å². The van der Waals surface area contributed by atoms with Crippen molar-refractivity contribution in [2.75, 3.05) is 6.54 Å². The maximum absolute atomic E-state index is 12.9. The highest BCUT2D eigenvalue weighted by Gasteiger charge is 2.31. The van der Waals surface area contributed by atoms with Crippen molar-refractivity contribution < 1.29 is 23.1 Å². The molecule has 1 aliphatic rings. The first-order chi connectivity index (χ1) is 14.2. The van der Waals surface area contributed by atoms with Crippen LogP contribution in [0, 0.1) is 6.92 Å². The number of halogens is 3. The number of phenolic OH excluding ortho intramolecular Hbond substituents is 1. The molecule has 0 unspecified atom stereocenters. The quantitative estimate of drug-likeness (QED) is 0.677. The summed E-state index contributed by atoms with van der Waals surface area (Å²) >= 11 is 0. The number of aryl methyl sites for hydroxylation is 1. The number of hydrogen-bond donors (Lipinski definition) is 1. The summed E-state index contributed by atoms with van der Waals surface area (Å²) in [5.41, 5.74) is 2.54. The van der Waals surface area contributed by atoms with Gasteiger partial charge in [-0.3, -0.25) is 4.79 Å². The van der Waals surface area contributed by atoms with Crippen LogP contribution in [0.4, 0.5) is 13.2 Å². The second-order valence-electron chi connectivity index (χ2n) is 7.14. The van der Waals surface area contributed by atoms with Crippen LogP contribution in [0.3, 0.4) is 0 Å². The fraction of sp³-hybridized carbons (Fsp3) is 0.227. The Morgan fingerprint density at radius 1 is 1.03 bits per heavy atom. The summed E-state index contributed by atoms with van der Waals surface area (Å²) in [5, 5.41) is 9.55. The van der Waals surface area contributed by atoms with E-state index in [1.54, 1.807) is 36.1 Å². The summed E-state index contributed by atoms with van der Waals surface area (Å²) < 4.78 is 38.3. The lowest BCUT2D eigenvalue weighted by molar-refractivity contribution is -0.137. The Kier molecular flexibility index (Phi) is 4.93. The van der Waals surface area contributed by atoms with E-state index in [0.29, 0.717) is 24.5 Å².